The van der Waals surface area contributed by atoms with Crippen molar-refractivity contribution in [2.24, 2.45) is 5.73 Å². The molecule has 2 aromatic heterocycles. The zero-order chi connectivity index (χ0) is 56.2. The second kappa shape index (κ2) is 32.7. The quantitative estimate of drug-likeness (QED) is 0.0293. The molecule has 0 aliphatic carbocycles. The molecule has 0 fully saturated rings. The first-order valence-electron chi connectivity index (χ1n) is 25.1. The Bertz CT molecular complexity index is 3270. The lowest BCUT2D eigenvalue weighted by molar-refractivity contribution is 0.288. The van der Waals surface area contributed by atoms with E-state index in [1.165, 1.54) is 0 Å². The predicted octanol–water partition coefficient (Wildman–Crippen LogP) is 13.4. The molecule has 0 radical (unpaired) electrons. The number of rotatable bonds is 26. The van der Waals surface area contributed by atoms with Gasteiger partial charge in [0, 0.05) is 77.1 Å². The number of fused-ring (bicyclic) bond motifs is 2. The van der Waals surface area contributed by atoms with Crippen LogP contribution in [0.4, 0.5) is 22.7 Å². The number of anilines is 4. The fraction of sp³-hybridized carbons (Fsp3) is 0.267. The van der Waals surface area contributed by atoms with Crippen molar-refractivity contribution < 1.29 is 37.9 Å². The van der Waals surface area contributed by atoms with Gasteiger partial charge in [-0.3, -0.25) is 9.97 Å². The Hall–Kier alpha value is -7.97. The van der Waals surface area contributed by atoms with Crippen molar-refractivity contribution in [3.05, 3.63) is 145 Å². The molecule has 19 heteroatoms. The molecule has 6 aromatic carbocycles. The van der Waals surface area contributed by atoms with Crippen molar-refractivity contribution in [1.29, 1.82) is 10.5 Å². The van der Waals surface area contributed by atoms with Gasteiger partial charge in [0.25, 0.3) is 0 Å². The molecule has 8 rings (SSSR count). The number of alkyl halides is 1. The van der Waals surface area contributed by atoms with E-state index < -0.39 is 0 Å². The molecule has 0 atom stereocenters. The minimum atomic E-state index is 0.407. The van der Waals surface area contributed by atoms with Crippen LogP contribution in [0.1, 0.15) is 24.0 Å². The number of nitrogens with zero attached hydrogens (tertiary/aromatic N) is 4. The second-order valence-corrected chi connectivity index (χ2v) is 19.1. The molecule has 0 spiro atoms. The lowest BCUT2D eigenvalue weighted by atomic mass is 10.1. The molecule has 5 N–H and O–H groups in total. The Morgan fingerprint density at radius 1 is 0.532 bits per heavy atom. The maximum absolute atomic E-state index is 9.79. The van der Waals surface area contributed by atoms with Crippen LogP contribution in [0.5, 0.6) is 57.5 Å². The van der Waals surface area contributed by atoms with Crippen molar-refractivity contribution in [3.63, 3.8) is 0 Å². The molecule has 0 amide bonds. The molecular formula is C60H65ClN8O8S2. The average Bonchev–Trinajstić information content (AvgIpc) is 3.53. The van der Waals surface area contributed by atoms with Gasteiger partial charge in [-0.2, -0.15) is 34.0 Å². The molecule has 0 saturated carbocycles. The zero-order valence-corrected chi connectivity index (χ0v) is 47.5. The van der Waals surface area contributed by atoms with Crippen LogP contribution in [0.15, 0.2) is 134 Å². The summed E-state index contributed by atoms with van der Waals surface area (Å²) in [6, 6.07) is 41.6. The first-order valence-corrected chi connectivity index (χ1v) is 28.4. The van der Waals surface area contributed by atoms with E-state index in [0.29, 0.717) is 117 Å². The van der Waals surface area contributed by atoms with E-state index in [9.17, 15) is 10.5 Å². The van der Waals surface area contributed by atoms with Crippen molar-refractivity contribution in [3.8, 4) is 69.6 Å². The number of nitrogens with one attached hydrogen (secondary N) is 3. The first-order chi connectivity index (χ1) is 38.7. The molecule has 8 aromatic rings. The number of benzene rings is 6. The number of nitriles is 2. The number of thioether (sulfide) groups is 2. The summed E-state index contributed by atoms with van der Waals surface area (Å²) in [5.41, 5.74) is 10.2. The number of halogens is 1. The highest BCUT2D eigenvalue weighted by atomic mass is 35.5. The summed E-state index contributed by atoms with van der Waals surface area (Å²) in [6.45, 7) is 3.70. The lowest BCUT2D eigenvalue weighted by Crippen LogP contribution is -2.20. The fourth-order valence-corrected chi connectivity index (χ4v) is 8.27. The Kier molecular flexibility index (Phi) is 24.9. The maximum atomic E-state index is 9.79. The van der Waals surface area contributed by atoms with Crippen LogP contribution in [-0.2, 0) is 0 Å². The third kappa shape index (κ3) is 17.5. The second-order valence-electron chi connectivity index (χ2n) is 16.8. The van der Waals surface area contributed by atoms with Gasteiger partial charge in [-0.15, -0.1) is 11.6 Å². The van der Waals surface area contributed by atoms with Crippen LogP contribution >= 0.6 is 35.1 Å². The number of pyridine rings is 2. The summed E-state index contributed by atoms with van der Waals surface area (Å²) in [4.78, 5) is 8.94. The average molecular weight is 1130 g/mol. The number of hydrogen-bond acceptors (Lipinski definition) is 18. The van der Waals surface area contributed by atoms with Crippen LogP contribution in [0.3, 0.4) is 0 Å². The Morgan fingerprint density at radius 2 is 0.962 bits per heavy atom. The van der Waals surface area contributed by atoms with Gasteiger partial charge in [0.15, 0.2) is 46.0 Å². The molecule has 412 valence electrons. The summed E-state index contributed by atoms with van der Waals surface area (Å²) in [5.74, 6) is 8.88. The van der Waals surface area contributed by atoms with E-state index in [1.54, 1.807) is 58.7 Å². The Labute approximate surface area is 475 Å². The van der Waals surface area contributed by atoms with Gasteiger partial charge in [-0.25, -0.2) is 0 Å². The predicted molar refractivity (Wildman–Crippen MR) is 321 cm³/mol. The van der Waals surface area contributed by atoms with Gasteiger partial charge in [0.2, 0.25) is 0 Å². The molecule has 16 nitrogen and oxygen atoms in total. The highest BCUT2D eigenvalue weighted by Crippen LogP contribution is 2.40. The fourth-order valence-electron chi connectivity index (χ4n) is 7.58. The number of ether oxygens (including phenoxy) is 8. The highest BCUT2D eigenvalue weighted by molar-refractivity contribution is 7.98. The smallest absolute Gasteiger partial charge is 0.169 e. The third-order valence-corrected chi connectivity index (χ3v) is 13.0. The number of para-hydroxylation sites is 4. The summed E-state index contributed by atoms with van der Waals surface area (Å²) >= 11 is 9.35. The molecule has 79 heavy (non-hydrogen) atoms. The van der Waals surface area contributed by atoms with Gasteiger partial charge in [-0.1, -0.05) is 24.3 Å². The summed E-state index contributed by atoms with van der Waals surface area (Å²) in [7, 11) is 6.39. The Morgan fingerprint density at radius 3 is 1.34 bits per heavy atom. The topological polar surface area (TPSA) is 209 Å². The molecule has 0 saturated heterocycles. The molecule has 0 aliphatic heterocycles. The third-order valence-electron chi connectivity index (χ3n) is 11.5. The highest BCUT2D eigenvalue weighted by Gasteiger charge is 2.17. The van der Waals surface area contributed by atoms with Crippen LogP contribution in [-0.4, -0.2) is 101 Å². The maximum Gasteiger partial charge on any atom is 0.169 e. The van der Waals surface area contributed by atoms with E-state index >= 15 is 0 Å². The van der Waals surface area contributed by atoms with Crippen LogP contribution in [0, 0.1) is 22.7 Å². The summed E-state index contributed by atoms with van der Waals surface area (Å²) in [6.07, 6.45) is 8.84. The summed E-state index contributed by atoms with van der Waals surface area (Å²) in [5, 5.41) is 31.1. The van der Waals surface area contributed by atoms with E-state index in [1.807, 2.05) is 133 Å². The van der Waals surface area contributed by atoms with Crippen LogP contribution in [0.2, 0.25) is 0 Å². The Balaban J connectivity index is 0.000000236. The van der Waals surface area contributed by atoms with Crippen molar-refractivity contribution >= 4 is 79.7 Å². The van der Waals surface area contributed by atoms with Crippen LogP contribution in [0.25, 0.3) is 21.8 Å². The number of hydrogen-bond donors (Lipinski definition) is 4. The van der Waals surface area contributed by atoms with E-state index in [2.05, 4.69) is 44.3 Å². The largest absolute Gasteiger partial charge is 0.493 e. The standard InChI is InChI=1S/C30H32N4O4S.C27H24ClN3O4.C3H9NS/c1-35-26-7-4-5-8-27(26)38-23-11-9-22(10-12-23)34-30-21(19-31)20-33-25-18-29(28(36-2)17-24(25)30)37-15-6-13-32-14-16-39-3;1-32-23-6-3-4-7-24(23)35-20-10-8-19(9-11-20)31-27-18(16-29)17-30-22-15-26(34-13-5-12-28)25(33-2)14-21(22)27;1-5-3-2-4/h4-5,7-12,17-18,20,32H,6,13-16H2,1-3H3,(H,33,34);3-4,6-11,14-15,17H,5,12-13H2,1-2H3,(H,30,31);2-4H2,1H3. The van der Waals surface area contributed by atoms with E-state index in [0.717, 1.165) is 59.7 Å². The van der Waals surface area contributed by atoms with E-state index in [4.69, 9.17) is 55.2 Å². The summed E-state index contributed by atoms with van der Waals surface area (Å²) < 4.78 is 45.6. The van der Waals surface area contributed by atoms with Crippen molar-refractivity contribution in [1.82, 2.24) is 15.3 Å². The number of aromatic nitrogens is 2. The van der Waals surface area contributed by atoms with Gasteiger partial charge in [0.1, 0.15) is 23.6 Å². The minimum absolute atomic E-state index is 0.407. The molecular weight excluding hydrogens is 1060 g/mol. The SMILES string of the molecule is COc1cc2c(Nc3ccc(Oc4ccccc4OC)cc3)c(C#N)cnc2cc1OCCCCl.COc1cc2c(Nc3ccc(Oc4ccccc4OC)cc3)c(C#N)cnc2cc1OCCCNCCSC.CSCCN. The lowest BCUT2D eigenvalue weighted by Gasteiger charge is -2.16. The normalized spacial score (nSPS) is 10.4. The number of methoxy groups -OCH3 is 4. The van der Waals surface area contributed by atoms with Gasteiger partial charge in [0.05, 0.1) is 75.2 Å². The van der Waals surface area contributed by atoms with E-state index in [-0.39, 0.29) is 0 Å². The van der Waals surface area contributed by atoms with Gasteiger partial charge in [-0.05, 0) is 117 Å². The van der Waals surface area contributed by atoms with Crippen molar-refractivity contribution in [2.75, 3.05) is 102 Å². The molecule has 2 heterocycles. The molecule has 0 unspecified atom stereocenters. The van der Waals surface area contributed by atoms with Crippen molar-refractivity contribution in [2.45, 2.75) is 12.8 Å². The zero-order valence-electron chi connectivity index (χ0n) is 45.1. The van der Waals surface area contributed by atoms with Crippen LogP contribution < -0.4 is 59.6 Å². The molecule has 0 bridgehead atoms. The monoisotopic (exact) mass is 1120 g/mol. The van der Waals surface area contributed by atoms with Gasteiger partial charge >= 0.3 is 0 Å². The first kappa shape index (κ1) is 60.3. The van der Waals surface area contributed by atoms with Gasteiger partial charge < -0.3 is 59.6 Å². The molecule has 0 aliphatic rings. The minimum Gasteiger partial charge on any atom is -0.493 e. The number of nitrogens with two attached hydrogens (primary N) is 1.